The van der Waals surface area contributed by atoms with Gasteiger partial charge in [0.05, 0.1) is 23.9 Å². The van der Waals surface area contributed by atoms with Gasteiger partial charge in [-0.3, -0.25) is 4.79 Å². The molecule has 0 aromatic rings. The summed E-state index contributed by atoms with van der Waals surface area (Å²) >= 11 is 1.38. The lowest BCUT2D eigenvalue weighted by Crippen LogP contribution is -2.12. The van der Waals surface area contributed by atoms with Crippen LogP contribution in [-0.4, -0.2) is 43.5 Å². The first-order valence-corrected chi connectivity index (χ1v) is 7.38. The zero-order valence-corrected chi connectivity index (χ0v) is 9.70. The first kappa shape index (κ1) is 11.8. The van der Waals surface area contributed by atoms with Crippen molar-refractivity contribution in [1.29, 1.82) is 0 Å². The number of esters is 1. The summed E-state index contributed by atoms with van der Waals surface area (Å²) in [4.78, 5) is 11.0. The average Bonchev–Trinajstić information content (AvgIpc) is 2.43. The molecule has 82 valence electrons. The summed E-state index contributed by atoms with van der Waals surface area (Å²) in [6.07, 6.45) is 0.659. The van der Waals surface area contributed by atoms with Gasteiger partial charge in [-0.05, 0) is 13.3 Å². The van der Waals surface area contributed by atoms with Crippen molar-refractivity contribution in [3.63, 3.8) is 0 Å². The third-order valence-corrected chi connectivity index (χ3v) is 5.19. The van der Waals surface area contributed by atoms with Gasteiger partial charge in [-0.25, -0.2) is 8.42 Å². The van der Waals surface area contributed by atoms with Crippen LogP contribution < -0.4 is 0 Å². The third-order valence-electron chi connectivity index (χ3n) is 1.93. The lowest BCUT2D eigenvalue weighted by Gasteiger charge is -2.06. The van der Waals surface area contributed by atoms with Crippen LogP contribution in [0.1, 0.15) is 13.3 Å². The van der Waals surface area contributed by atoms with Crippen LogP contribution in [0.2, 0.25) is 0 Å². The summed E-state index contributed by atoms with van der Waals surface area (Å²) in [5.74, 6) is 0.459. The Kier molecular flexibility index (Phi) is 4.25. The SMILES string of the molecule is CCOC(=O)CSC1CCS(=O)(=O)C1. The van der Waals surface area contributed by atoms with Gasteiger partial charge in [0, 0.05) is 5.25 Å². The highest BCUT2D eigenvalue weighted by Crippen LogP contribution is 2.24. The second-order valence-corrected chi connectivity index (χ2v) is 6.66. The number of hydrogen-bond acceptors (Lipinski definition) is 5. The number of ether oxygens (including phenoxy) is 1. The number of carbonyl (C=O) groups excluding carboxylic acids is 1. The summed E-state index contributed by atoms with van der Waals surface area (Å²) < 4.78 is 26.9. The second-order valence-electron chi connectivity index (χ2n) is 3.14. The normalized spacial score (nSPS) is 24.8. The van der Waals surface area contributed by atoms with Gasteiger partial charge in [0.2, 0.25) is 0 Å². The van der Waals surface area contributed by atoms with Gasteiger partial charge in [0.1, 0.15) is 0 Å². The lowest BCUT2D eigenvalue weighted by molar-refractivity contribution is -0.139. The monoisotopic (exact) mass is 238 g/mol. The second kappa shape index (κ2) is 5.02. The summed E-state index contributed by atoms with van der Waals surface area (Å²) in [6.45, 7) is 2.13. The van der Waals surface area contributed by atoms with Crippen molar-refractivity contribution in [3.05, 3.63) is 0 Å². The Labute approximate surface area is 88.3 Å². The predicted molar refractivity (Wildman–Crippen MR) is 56.1 cm³/mol. The molecule has 4 nitrogen and oxygen atoms in total. The minimum Gasteiger partial charge on any atom is -0.465 e. The molecule has 0 N–H and O–H groups in total. The Hall–Kier alpha value is -0.230. The predicted octanol–water partition coefficient (Wildman–Crippen LogP) is 0.470. The fourth-order valence-corrected chi connectivity index (χ4v) is 4.72. The molecule has 0 radical (unpaired) electrons. The Balaban J connectivity index is 2.24. The van der Waals surface area contributed by atoms with E-state index < -0.39 is 9.84 Å². The van der Waals surface area contributed by atoms with E-state index in [2.05, 4.69) is 0 Å². The van der Waals surface area contributed by atoms with E-state index in [4.69, 9.17) is 4.74 Å². The Morgan fingerprint density at radius 1 is 1.57 bits per heavy atom. The first-order valence-electron chi connectivity index (χ1n) is 4.51. The van der Waals surface area contributed by atoms with E-state index in [0.717, 1.165) is 0 Å². The van der Waals surface area contributed by atoms with E-state index in [1.165, 1.54) is 11.8 Å². The van der Waals surface area contributed by atoms with Gasteiger partial charge in [-0.2, -0.15) is 0 Å². The van der Waals surface area contributed by atoms with Crippen LogP contribution in [0, 0.1) is 0 Å². The van der Waals surface area contributed by atoms with Crippen LogP contribution in [0.3, 0.4) is 0 Å². The van der Waals surface area contributed by atoms with Gasteiger partial charge in [0.25, 0.3) is 0 Å². The molecule has 0 aromatic carbocycles. The zero-order valence-electron chi connectivity index (χ0n) is 8.06. The zero-order chi connectivity index (χ0) is 10.6. The summed E-state index contributed by atoms with van der Waals surface area (Å²) in [5, 5.41) is 0.0735. The minimum atomic E-state index is -2.83. The van der Waals surface area contributed by atoms with E-state index in [1.54, 1.807) is 6.92 Å². The number of rotatable bonds is 4. The summed E-state index contributed by atoms with van der Waals surface area (Å²) in [5.41, 5.74) is 0. The molecule has 1 saturated heterocycles. The van der Waals surface area contributed by atoms with E-state index in [-0.39, 0.29) is 28.5 Å². The molecule has 0 saturated carbocycles. The Morgan fingerprint density at radius 2 is 2.29 bits per heavy atom. The Morgan fingerprint density at radius 3 is 2.79 bits per heavy atom. The summed E-state index contributed by atoms with van der Waals surface area (Å²) in [7, 11) is -2.83. The van der Waals surface area contributed by atoms with E-state index in [1.807, 2.05) is 0 Å². The molecule has 6 heteroatoms. The van der Waals surface area contributed by atoms with E-state index in [0.29, 0.717) is 13.0 Å². The van der Waals surface area contributed by atoms with Crippen LogP contribution >= 0.6 is 11.8 Å². The van der Waals surface area contributed by atoms with Crippen molar-refractivity contribution in [2.75, 3.05) is 23.9 Å². The molecule has 1 aliphatic heterocycles. The fraction of sp³-hybridized carbons (Fsp3) is 0.875. The van der Waals surface area contributed by atoms with Gasteiger partial charge in [0.15, 0.2) is 9.84 Å². The highest BCUT2D eigenvalue weighted by Gasteiger charge is 2.28. The van der Waals surface area contributed by atoms with Gasteiger partial charge in [-0.15, -0.1) is 11.8 Å². The van der Waals surface area contributed by atoms with Crippen molar-refractivity contribution in [1.82, 2.24) is 0 Å². The molecule has 0 spiro atoms. The molecule has 1 fully saturated rings. The molecule has 1 heterocycles. The average molecular weight is 238 g/mol. The quantitative estimate of drug-likeness (QED) is 0.666. The summed E-state index contributed by atoms with van der Waals surface area (Å²) in [6, 6.07) is 0. The fourth-order valence-electron chi connectivity index (χ4n) is 1.28. The van der Waals surface area contributed by atoms with E-state index >= 15 is 0 Å². The maximum Gasteiger partial charge on any atom is 0.315 e. The number of hydrogen-bond donors (Lipinski definition) is 0. The van der Waals surface area contributed by atoms with Crippen molar-refractivity contribution in [3.8, 4) is 0 Å². The maximum absolute atomic E-state index is 11.1. The van der Waals surface area contributed by atoms with Gasteiger partial charge in [-0.1, -0.05) is 0 Å². The smallest absolute Gasteiger partial charge is 0.315 e. The Bertz CT molecular complexity index is 296. The molecular weight excluding hydrogens is 224 g/mol. The van der Waals surface area contributed by atoms with Crippen LogP contribution in [0.4, 0.5) is 0 Å². The van der Waals surface area contributed by atoms with Crippen molar-refractivity contribution < 1.29 is 17.9 Å². The van der Waals surface area contributed by atoms with Gasteiger partial charge < -0.3 is 4.74 Å². The highest BCUT2D eigenvalue weighted by atomic mass is 32.2. The molecule has 1 unspecified atom stereocenters. The number of sulfone groups is 1. The topological polar surface area (TPSA) is 60.4 Å². The largest absolute Gasteiger partial charge is 0.465 e. The maximum atomic E-state index is 11.1. The highest BCUT2D eigenvalue weighted by molar-refractivity contribution is 8.02. The minimum absolute atomic E-state index is 0.0735. The van der Waals surface area contributed by atoms with Crippen LogP contribution in [0.15, 0.2) is 0 Å². The van der Waals surface area contributed by atoms with Crippen molar-refractivity contribution in [2.24, 2.45) is 0 Å². The van der Waals surface area contributed by atoms with E-state index in [9.17, 15) is 13.2 Å². The standard InChI is InChI=1S/C8H14O4S2/c1-2-12-8(9)5-13-7-3-4-14(10,11)6-7/h7H,2-6H2,1H3. The van der Waals surface area contributed by atoms with Crippen LogP contribution in [-0.2, 0) is 19.4 Å². The van der Waals surface area contributed by atoms with Crippen LogP contribution in [0.25, 0.3) is 0 Å². The molecule has 0 bridgehead atoms. The molecule has 1 rings (SSSR count). The third kappa shape index (κ3) is 3.88. The van der Waals surface area contributed by atoms with Crippen molar-refractivity contribution >= 4 is 27.6 Å². The molecule has 14 heavy (non-hydrogen) atoms. The first-order chi connectivity index (χ1) is 6.53. The molecule has 0 aliphatic carbocycles. The molecule has 1 aliphatic rings. The van der Waals surface area contributed by atoms with Gasteiger partial charge >= 0.3 is 5.97 Å². The molecule has 1 atom stereocenters. The number of carbonyl (C=O) groups is 1. The molecule has 0 aromatic heterocycles. The molecular formula is C8H14O4S2. The van der Waals surface area contributed by atoms with Crippen LogP contribution in [0.5, 0.6) is 0 Å². The van der Waals surface area contributed by atoms with Crippen molar-refractivity contribution in [2.45, 2.75) is 18.6 Å². The number of thioether (sulfide) groups is 1. The molecule has 0 amide bonds. The lowest BCUT2D eigenvalue weighted by atomic mass is 10.4.